The van der Waals surface area contributed by atoms with Crippen LogP contribution in [0.3, 0.4) is 0 Å². The molecule has 1 aromatic rings. The van der Waals surface area contributed by atoms with Gasteiger partial charge in [0.15, 0.2) is 0 Å². The van der Waals surface area contributed by atoms with Crippen LogP contribution >= 0.6 is 11.6 Å². The van der Waals surface area contributed by atoms with Crippen molar-refractivity contribution in [1.29, 1.82) is 0 Å². The summed E-state index contributed by atoms with van der Waals surface area (Å²) in [4.78, 5) is 20.8. The van der Waals surface area contributed by atoms with E-state index in [9.17, 15) is 4.79 Å². The summed E-state index contributed by atoms with van der Waals surface area (Å²) in [6, 6.07) is 3.50. The van der Waals surface area contributed by atoms with E-state index in [0.29, 0.717) is 30.4 Å². The number of hydrogen-bond donors (Lipinski definition) is 0. The topological polar surface area (TPSA) is 36.4 Å². The summed E-state index contributed by atoms with van der Waals surface area (Å²) >= 11 is 6.02. The number of hydrogen-bond acceptors (Lipinski definition) is 3. The Morgan fingerprint density at radius 2 is 2.10 bits per heavy atom. The number of rotatable bonds is 4. The lowest BCUT2D eigenvalue weighted by Crippen LogP contribution is -2.48. The smallest absolute Gasteiger partial charge is 0.254 e. The van der Waals surface area contributed by atoms with Gasteiger partial charge in [-0.15, -0.1) is 6.42 Å². The molecule has 2 rings (SSSR count). The highest BCUT2D eigenvalue weighted by molar-refractivity contribution is 6.29. The maximum Gasteiger partial charge on any atom is 0.254 e. The fourth-order valence-corrected chi connectivity index (χ4v) is 2.71. The molecule has 1 saturated heterocycles. The molecule has 1 aliphatic heterocycles. The van der Waals surface area contributed by atoms with Crippen molar-refractivity contribution < 1.29 is 4.79 Å². The highest BCUT2D eigenvalue weighted by Crippen LogP contribution is 2.15. The van der Waals surface area contributed by atoms with E-state index in [2.05, 4.69) is 22.7 Å². The lowest BCUT2D eigenvalue weighted by atomic mass is 10.1. The van der Waals surface area contributed by atoms with Crippen molar-refractivity contribution in [2.24, 2.45) is 0 Å². The molecule has 1 aliphatic rings. The van der Waals surface area contributed by atoms with Gasteiger partial charge in [0.05, 0.1) is 6.54 Å². The molecule has 2 heterocycles. The van der Waals surface area contributed by atoms with Gasteiger partial charge in [-0.25, -0.2) is 4.98 Å². The number of amides is 1. The van der Waals surface area contributed by atoms with Crippen molar-refractivity contribution in [3.05, 3.63) is 28.5 Å². The molecule has 0 N–H and O–H groups in total. The maximum absolute atomic E-state index is 12.6. The fourth-order valence-electron chi connectivity index (χ4n) is 2.48. The number of carbonyl (C=O) groups excluding carboxylic acids is 1. The van der Waals surface area contributed by atoms with Gasteiger partial charge in [0.25, 0.3) is 5.91 Å². The molecule has 1 amide bonds. The molecule has 0 atom stereocenters. The van der Waals surface area contributed by atoms with Crippen molar-refractivity contribution in [2.75, 3.05) is 32.7 Å². The zero-order valence-electron chi connectivity index (χ0n) is 12.3. The normalized spacial score (nSPS) is 15.8. The Labute approximate surface area is 131 Å². The van der Waals surface area contributed by atoms with E-state index in [1.54, 1.807) is 6.07 Å². The minimum Gasteiger partial charge on any atom is -0.336 e. The van der Waals surface area contributed by atoms with Crippen LogP contribution in [0.4, 0.5) is 0 Å². The van der Waals surface area contributed by atoms with Crippen LogP contribution in [0.1, 0.15) is 29.4 Å². The summed E-state index contributed by atoms with van der Waals surface area (Å²) in [5.74, 6) is 2.66. The van der Waals surface area contributed by atoms with Gasteiger partial charge >= 0.3 is 0 Å². The van der Waals surface area contributed by atoms with Gasteiger partial charge in [0.1, 0.15) is 5.15 Å². The molecular formula is C16H20ClN3O. The van der Waals surface area contributed by atoms with Crippen LogP contribution in [0.15, 0.2) is 12.1 Å². The van der Waals surface area contributed by atoms with Crippen LogP contribution in [0.5, 0.6) is 0 Å². The zero-order chi connectivity index (χ0) is 15.2. The maximum atomic E-state index is 12.6. The molecule has 1 aromatic heterocycles. The second-order valence-corrected chi connectivity index (χ2v) is 5.58. The van der Waals surface area contributed by atoms with Crippen molar-refractivity contribution in [3.8, 4) is 12.3 Å². The van der Waals surface area contributed by atoms with E-state index in [-0.39, 0.29) is 5.91 Å². The highest BCUT2D eigenvalue weighted by atomic mass is 35.5. The molecule has 112 valence electrons. The lowest BCUT2D eigenvalue weighted by molar-refractivity contribution is 0.0652. The largest absolute Gasteiger partial charge is 0.336 e. The Morgan fingerprint density at radius 3 is 2.71 bits per heavy atom. The van der Waals surface area contributed by atoms with E-state index in [0.717, 1.165) is 31.6 Å². The molecule has 0 spiro atoms. The standard InChI is InChI=1S/C16H20ClN3O/c1-3-5-14-11-13(12-15(17)18-14)16(21)20-9-7-19(6-4-2)8-10-20/h2,11-12H,3,5-10H2,1H3. The predicted molar refractivity (Wildman–Crippen MR) is 84.4 cm³/mol. The first-order chi connectivity index (χ1) is 10.1. The summed E-state index contributed by atoms with van der Waals surface area (Å²) in [6.07, 6.45) is 7.12. The van der Waals surface area contributed by atoms with Crippen LogP contribution in [-0.2, 0) is 6.42 Å². The second kappa shape index (κ2) is 7.44. The third-order valence-electron chi connectivity index (χ3n) is 3.57. The summed E-state index contributed by atoms with van der Waals surface area (Å²) in [5.41, 5.74) is 1.50. The molecule has 0 radical (unpaired) electrons. The van der Waals surface area contributed by atoms with Gasteiger partial charge in [-0.2, -0.15) is 0 Å². The van der Waals surface area contributed by atoms with Crippen LogP contribution in [-0.4, -0.2) is 53.4 Å². The third kappa shape index (κ3) is 4.20. The average molecular weight is 306 g/mol. The van der Waals surface area contributed by atoms with Gasteiger partial charge in [0, 0.05) is 37.4 Å². The predicted octanol–water partition coefficient (Wildman–Crippen LogP) is 2.08. The minimum atomic E-state index is 0.0250. The number of nitrogens with zero attached hydrogens (tertiary/aromatic N) is 3. The summed E-state index contributed by atoms with van der Waals surface area (Å²) in [5, 5.41) is 0.385. The number of halogens is 1. The number of aryl methyl sites for hydroxylation is 1. The van der Waals surface area contributed by atoms with Gasteiger partial charge in [0.2, 0.25) is 0 Å². The average Bonchev–Trinajstić information content (AvgIpc) is 2.47. The zero-order valence-corrected chi connectivity index (χ0v) is 13.1. The number of carbonyl (C=O) groups is 1. The summed E-state index contributed by atoms with van der Waals surface area (Å²) in [7, 11) is 0. The molecule has 21 heavy (non-hydrogen) atoms. The van der Waals surface area contributed by atoms with Crippen molar-refractivity contribution >= 4 is 17.5 Å². The number of aromatic nitrogens is 1. The molecule has 4 nitrogen and oxygen atoms in total. The molecular weight excluding hydrogens is 286 g/mol. The van der Waals surface area contributed by atoms with Crippen molar-refractivity contribution in [1.82, 2.24) is 14.8 Å². The van der Waals surface area contributed by atoms with Crippen molar-refractivity contribution in [3.63, 3.8) is 0 Å². The fraction of sp³-hybridized carbons (Fsp3) is 0.500. The molecule has 0 unspecified atom stereocenters. The van der Waals surface area contributed by atoms with E-state index in [1.165, 1.54) is 0 Å². The Hall–Kier alpha value is -1.57. The molecule has 0 aliphatic carbocycles. The monoisotopic (exact) mass is 305 g/mol. The Morgan fingerprint density at radius 1 is 1.38 bits per heavy atom. The van der Waals surface area contributed by atoms with Crippen LogP contribution in [0, 0.1) is 12.3 Å². The first-order valence-electron chi connectivity index (χ1n) is 7.25. The van der Waals surface area contributed by atoms with Gasteiger partial charge in [-0.05, 0) is 18.6 Å². The first kappa shape index (κ1) is 15.8. The molecule has 1 fully saturated rings. The SMILES string of the molecule is C#CCN1CCN(C(=O)c2cc(Cl)nc(CCC)c2)CC1. The first-order valence-corrected chi connectivity index (χ1v) is 7.63. The van der Waals surface area contributed by atoms with Crippen LogP contribution < -0.4 is 0 Å². The Bertz CT molecular complexity index is 545. The highest BCUT2D eigenvalue weighted by Gasteiger charge is 2.22. The number of pyridine rings is 1. The Kier molecular flexibility index (Phi) is 5.60. The molecule has 0 saturated carbocycles. The van der Waals surface area contributed by atoms with Crippen molar-refractivity contribution in [2.45, 2.75) is 19.8 Å². The van der Waals surface area contributed by atoms with Crippen LogP contribution in [0.25, 0.3) is 0 Å². The number of piperazine rings is 1. The quantitative estimate of drug-likeness (QED) is 0.631. The molecule has 0 aromatic carbocycles. The van der Waals surface area contributed by atoms with E-state index < -0.39 is 0 Å². The Balaban J connectivity index is 2.05. The summed E-state index contributed by atoms with van der Waals surface area (Å²) < 4.78 is 0. The minimum absolute atomic E-state index is 0.0250. The summed E-state index contributed by atoms with van der Waals surface area (Å²) in [6.45, 7) is 5.75. The van der Waals surface area contributed by atoms with E-state index in [4.69, 9.17) is 18.0 Å². The van der Waals surface area contributed by atoms with Gasteiger partial charge in [-0.3, -0.25) is 9.69 Å². The molecule has 5 heteroatoms. The van der Waals surface area contributed by atoms with Gasteiger partial charge < -0.3 is 4.90 Å². The molecule has 0 bridgehead atoms. The lowest BCUT2D eigenvalue weighted by Gasteiger charge is -2.33. The second-order valence-electron chi connectivity index (χ2n) is 5.19. The third-order valence-corrected chi connectivity index (χ3v) is 3.77. The van der Waals surface area contributed by atoms with Crippen LogP contribution in [0.2, 0.25) is 5.15 Å². The van der Waals surface area contributed by atoms with Gasteiger partial charge in [-0.1, -0.05) is 30.9 Å². The van der Waals surface area contributed by atoms with E-state index >= 15 is 0 Å². The van der Waals surface area contributed by atoms with E-state index in [1.807, 2.05) is 11.0 Å². The number of terminal acetylenes is 1.